The van der Waals surface area contributed by atoms with Gasteiger partial charge in [0.15, 0.2) is 0 Å². The number of hydrogen-bond acceptors (Lipinski definition) is 2. The number of carboxylic acid groups (broad SMARTS) is 1. The van der Waals surface area contributed by atoms with Gasteiger partial charge in [0.1, 0.15) is 0 Å². The van der Waals surface area contributed by atoms with Crippen molar-refractivity contribution in [3.63, 3.8) is 0 Å². The van der Waals surface area contributed by atoms with Crippen LogP contribution >= 0.6 is 0 Å². The van der Waals surface area contributed by atoms with Crippen molar-refractivity contribution >= 4 is 17.0 Å². The van der Waals surface area contributed by atoms with Gasteiger partial charge < -0.3 is 5.11 Å². The molecule has 0 aliphatic carbocycles. The van der Waals surface area contributed by atoms with Crippen LogP contribution in [-0.2, 0) is 15.8 Å². The molecule has 1 heterocycles. The van der Waals surface area contributed by atoms with Crippen molar-refractivity contribution in [2.45, 2.75) is 6.42 Å². The van der Waals surface area contributed by atoms with Gasteiger partial charge in [0.05, 0.1) is 17.4 Å². The van der Waals surface area contributed by atoms with Crippen molar-refractivity contribution in [2.24, 2.45) is 5.92 Å². The van der Waals surface area contributed by atoms with Crippen LogP contribution in [0.2, 0.25) is 0 Å². The second-order valence-corrected chi connectivity index (χ2v) is 4.10. The third kappa shape index (κ3) is 2.27. The van der Waals surface area contributed by atoms with Crippen molar-refractivity contribution in [2.75, 3.05) is 19.3 Å². The normalized spacial score (nSPS) is 22.6. The van der Waals surface area contributed by atoms with Gasteiger partial charge >= 0.3 is 5.97 Å². The highest BCUT2D eigenvalue weighted by atomic mass is 32.2. The van der Waals surface area contributed by atoms with Crippen molar-refractivity contribution in [1.82, 2.24) is 4.31 Å². The number of hydrogen-bond donors (Lipinski definition) is 1. The third-order valence-electron chi connectivity index (χ3n) is 1.75. The Labute approximate surface area is 67.8 Å². The van der Waals surface area contributed by atoms with Gasteiger partial charge in [-0.15, -0.1) is 0 Å². The van der Waals surface area contributed by atoms with Gasteiger partial charge in [-0.25, -0.2) is 8.51 Å². The first-order valence-corrected chi connectivity index (χ1v) is 4.91. The van der Waals surface area contributed by atoms with E-state index in [1.807, 2.05) is 0 Å². The Kier molecular flexibility index (Phi) is 2.62. The molecule has 0 aromatic rings. The first-order valence-electron chi connectivity index (χ1n) is 3.40. The largest absolute Gasteiger partial charge is 0.481 e. The summed E-state index contributed by atoms with van der Waals surface area (Å²) in [7, 11) is -0.919. The molecule has 64 valence electrons. The van der Waals surface area contributed by atoms with E-state index in [1.165, 1.54) is 0 Å². The first kappa shape index (κ1) is 8.67. The highest BCUT2D eigenvalue weighted by Gasteiger charge is 2.30. The Morgan fingerprint density at radius 1 is 1.73 bits per heavy atom. The zero-order chi connectivity index (χ0) is 8.43. The van der Waals surface area contributed by atoms with E-state index in [2.05, 4.69) is 0 Å². The predicted octanol–water partition coefficient (Wildman–Crippen LogP) is -0.314. The molecule has 0 aromatic heterocycles. The molecule has 1 aliphatic heterocycles. The van der Waals surface area contributed by atoms with Crippen LogP contribution in [0, 0.1) is 5.92 Å². The summed E-state index contributed by atoms with van der Waals surface area (Å²) < 4.78 is 12.5. The second kappa shape index (κ2) is 3.32. The summed E-state index contributed by atoms with van der Waals surface area (Å²) in [5.41, 5.74) is 0. The van der Waals surface area contributed by atoms with Crippen molar-refractivity contribution < 1.29 is 14.1 Å². The Hall–Kier alpha value is -0.420. The lowest BCUT2D eigenvalue weighted by atomic mass is 10.00. The summed E-state index contributed by atoms with van der Waals surface area (Å²) in [5.74, 6) is -0.562. The molecule has 0 spiro atoms. The van der Waals surface area contributed by atoms with Gasteiger partial charge in [-0.3, -0.25) is 4.79 Å². The average molecular weight is 177 g/mol. The lowest BCUT2D eigenvalue weighted by Crippen LogP contribution is -2.47. The number of aliphatic carboxylic acids is 1. The molecule has 0 aromatic carbocycles. The summed E-state index contributed by atoms with van der Waals surface area (Å²) in [6.45, 7) is 1.32. The van der Waals surface area contributed by atoms with E-state index in [-0.39, 0.29) is 12.3 Å². The van der Waals surface area contributed by atoms with Crippen LogP contribution in [0.5, 0.6) is 0 Å². The minimum absolute atomic E-state index is 0.202. The molecule has 1 rings (SSSR count). The lowest BCUT2D eigenvalue weighted by molar-refractivity contribution is -0.138. The fourth-order valence-electron chi connectivity index (χ4n) is 1.11. The molecule has 0 amide bonds. The molecule has 0 saturated carbocycles. The maximum Gasteiger partial charge on any atom is 0.303 e. The maximum absolute atomic E-state index is 10.7. The molecule has 0 bridgehead atoms. The minimum atomic E-state index is -0.919. The minimum Gasteiger partial charge on any atom is -0.481 e. The number of rotatable bonds is 3. The lowest BCUT2D eigenvalue weighted by Gasteiger charge is -2.35. The van der Waals surface area contributed by atoms with Crippen molar-refractivity contribution in [3.8, 4) is 0 Å². The van der Waals surface area contributed by atoms with Crippen LogP contribution in [0.15, 0.2) is 0 Å². The van der Waals surface area contributed by atoms with Crippen LogP contribution in [0.3, 0.4) is 0 Å². The Morgan fingerprint density at radius 2 is 2.27 bits per heavy atom. The molecule has 1 atom stereocenters. The van der Waals surface area contributed by atoms with E-state index < -0.39 is 17.0 Å². The molecular formula is C6H11NO3S. The predicted molar refractivity (Wildman–Crippen MR) is 41.4 cm³/mol. The molecule has 5 heteroatoms. The molecule has 1 saturated heterocycles. The monoisotopic (exact) mass is 177 g/mol. The SMILES string of the molecule is CS(=O)N1CC(CC(=O)O)C1. The van der Waals surface area contributed by atoms with Gasteiger partial charge in [-0.2, -0.15) is 0 Å². The van der Waals surface area contributed by atoms with E-state index in [1.54, 1.807) is 10.6 Å². The van der Waals surface area contributed by atoms with Gasteiger partial charge in [0, 0.05) is 19.3 Å². The zero-order valence-electron chi connectivity index (χ0n) is 6.32. The molecule has 1 N–H and O–H groups in total. The van der Waals surface area contributed by atoms with E-state index in [9.17, 15) is 9.00 Å². The second-order valence-electron chi connectivity index (χ2n) is 2.73. The topological polar surface area (TPSA) is 57.6 Å². The standard InChI is InChI=1S/C6H11NO3S/c1-11(10)7-3-5(4-7)2-6(8)9/h5H,2-4H2,1H3,(H,8,9). The molecule has 1 fully saturated rings. The van der Waals surface area contributed by atoms with Crippen LogP contribution in [0.4, 0.5) is 0 Å². The quantitative estimate of drug-likeness (QED) is 0.643. The smallest absolute Gasteiger partial charge is 0.303 e. The summed E-state index contributed by atoms with van der Waals surface area (Å²) in [5, 5.41) is 8.38. The Morgan fingerprint density at radius 3 is 2.64 bits per heavy atom. The van der Waals surface area contributed by atoms with Crippen LogP contribution in [-0.4, -0.2) is 38.9 Å². The fourth-order valence-corrected chi connectivity index (χ4v) is 1.95. The van der Waals surface area contributed by atoms with Crippen LogP contribution < -0.4 is 0 Å². The van der Waals surface area contributed by atoms with Crippen molar-refractivity contribution in [1.29, 1.82) is 0 Å². The Balaban J connectivity index is 2.19. The molecular weight excluding hydrogens is 166 g/mol. The molecule has 0 radical (unpaired) electrons. The van der Waals surface area contributed by atoms with Gasteiger partial charge in [0.25, 0.3) is 0 Å². The average Bonchev–Trinajstić information content (AvgIpc) is 1.75. The van der Waals surface area contributed by atoms with E-state index in [4.69, 9.17) is 5.11 Å². The summed E-state index contributed by atoms with van der Waals surface area (Å²) >= 11 is 0. The van der Waals surface area contributed by atoms with Crippen LogP contribution in [0.1, 0.15) is 6.42 Å². The molecule has 4 nitrogen and oxygen atoms in total. The van der Waals surface area contributed by atoms with E-state index in [0.717, 1.165) is 0 Å². The first-order chi connectivity index (χ1) is 5.09. The number of nitrogens with zero attached hydrogens (tertiary/aromatic N) is 1. The fraction of sp³-hybridized carbons (Fsp3) is 0.833. The van der Waals surface area contributed by atoms with Crippen LogP contribution in [0.25, 0.3) is 0 Å². The Bertz CT molecular complexity index is 188. The molecule has 11 heavy (non-hydrogen) atoms. The molecule has 1 aliphatic rings. The summed E-state index contributed by atoms with van der Waals surface area (Å²) in [6, 6.07) is 0. The molecule has 1 unspecified atom stereocenters. The van der Waals surface area contributed by atoms with Gasteiger partial charge in [-0.05, 0) is 5.92 Å². The highest BCUT2D eigenvalue weighted by molar-refractivity contribution is 7.81. The summed E-state index contributed by atoms with van der Waals surface area (Å²) in [6.07, 6.45) is 1.81. The van der Waals surface area contributed by atoms with Gasteiger partial charge in [-0.1, -0.05) is 0 Å². The van der Waals surface area contributed by atoms with Crippen molar-refractivity contribution in [3.05, 3.63) is 0 Å². The third-order valence-corrected chi connectivity index (χ3v) is 2.78. The highest BCUT2D eigenvalue weighted by Crippen LogP contribution is 2.19. The number of carbonyl (C=O) groups is 1. The zero-order valence-corrected chi connectivity index (χ0v) is 7.13. The maximum atomic E-state index is 10.7. The van der Waals surface area contributed by atoms with E-state index in [0.29, 0.717) is 13.1 Å². The number of carboxylic acids is 1. The van der Waals surface area contributed by atoms with Gasteiger partial charge in [0.2, 0.25) is 0 Å². The van der Waals surface area contributed by atoms with E-state index >= 15 is 0 Å². The summed E-state index contributed by atoms with van der Waals surface area (Å²) in [4.78, 5) is 10.2.